The summed E-state index contributed by atoms with van der Waals surface area (Å²) in [6, 6.07) is 17.1. The topological polar surface area (TPSA) is 87.0 Å². The lowest BCUT2D eigenvalue weighted by Crippen LogP contribution is -2.46. The zero-order chi connectivity index (χ0) is 24.6. The predicted octanol–water partition coefficient (Wildman–Crippen LogP) is 2.77. The van der Waals surface area contributed by atoms with Crippen molar-refractivity contribution >= 4 is 33.4 Å². The van der Waals surface area contributed by atoms with E-state index in [1.807, 2.05) is 48.7 Å². The molecule has 0 unspecified atom stereocenters. The molecule has 1 aliphatic rings. The standard InChI is InChI=1S/C25H36N4O3S2/c1-33-18-13-23(26)25(30)28-17-16-27(19-21-9-4-3-5-10-21)14-8-15-29(34(2,31)32)24-12-7-6-11-22(24)20-28/h3-7,9-12,23H,8,13-20,26H2,1-2H3/t23-/m0/s1. The van der Waals surface area contributed by atoms with Crippen molar-refractivity contribution in [1.29, 1.82) is 0 Å². The fraction of sp³-hybridized carbons (Fsp3) is 0.480. The van der Waals surface area contributed by atoms with Gasteiger partial charge < -0.3 is 10.6 Å². The first-order valence-corrected chi connectivity index (χ1v) is 14.9. The number of rotatable bonds is 7. The number of fused-ring (bicyclic) bond motifs is 1. The van der Waals surface area contributed by atoms with Gasteiger partial charge in [-0.05, 0) is 42.0 Å². The second kappa shape index (κ2) is 12.6. The van der Waals surface area contributed by atoms with E-state index in [1.165, 1.54) is 16.1 Å². The van der Waals surface area contributed by atoms with Gasteiger partial charge in [0.05, 0.1) is 18.0 Å². The average Bonchev–Trinajstić information content (AvgIpc) is 2.85. The number of amides is 1. The first kappa shape index (κ1) is 26.5. The molecule has 2 N–H and O–H groups in total. The number of nitrogens with two attached hydrogens (primary N) is 1. The molecule has 0 aromatic heterocycles. The molecule has 1 heterocycles. The molecule has 1 amide bonds. The second-order valence-electron chi connectivity index (χ2n) is 8.73. The Morgan fingerprint density at radius 3 is 2.44 bits per heavy atom. The number of thioether (sulfide) groups is 1. The summed E-state index contributed by atoms with van der Waals surface area (Å²) in [6.07, 6.45) is 4.55. The van der Waals surface area contributed by atoms with Crippen LogP contribution in [-0.4, -0.2) is 74.6 Å². The maximum absolute atomic E-state index is 13.3. The van der Waals surface area contributed by atoms with Crippen molar-refractivity contribution in [3.8, 4) is 0 Å². The first-order chi connectivity index (χ1) is 16.3. The molecule has 1 aliphatic heterocycles. The molecule has 34 heavy (non-hydrogen) atoms. The summed E-state index contributed by atoms with van der Waals surface area (Å²) >= 11 is 1.67. The van der Waals surface area contributed by atoms with Gasteiger partial charge in [0.2, 0.25) is 15.9 Å². The van der Waals surface area contributed by atoms with E-state index in [1.54, 1.807) is 16.7 Å². The van der Waals surface area contributed by atoms with Crippen molar-refractivity contribution in [2.45, 2.75) is 32.0 Å². The van der Waals surface area contributed by atoms with Gasteiger partial charge in [-0.3, -0.25) is 14.0 Å². The van der Waals surface area contributed by atoms with E-state index in [4.69, 9.17) is 5.73 Å². The van der Waals surface area contributed by atoms with Crippen molar-refractivity contribution < 1.29 is 13.2 Å². The van der Waals surface area contributed by atoms with Gasteiger partial charge >= 0.3 is 0 Å². The van der Waals surface area contributed by atoms with Crippen LogP contribution >= 0.6 is 11.8 Å². The van der Waals surface area contributed by atoms with Crippen molar-refractivity contribution in [1.82, 2.24) is 9.80 Å². The van der Waals surface area contributed by atoms with Crippen LogP contribution in [0.1, 0.15) is 24.0 Å². The summed E-state index contributed by atoms with van der Waals surface area (Å²) in [5.74, 6) is 0.730. The molecule has 9 heteroatoms. The van der Waals surface area contributed by atoms with Gasteiger partial charge in [0.25, 0.3) is 0 Å². The lowest BCUT2D eigenvalue weighted by molar-refractivity contribution is -0.133. The Hall–Kier alpha value is -2.07. The van der Waals surface area contributed by atoms with Crippen molar-refractivity contribution in [2.75, 3.05) is 48.7 Å². The van der Waals surface area contributed by atoms with E-state index in [0.29, 0.717) is 44.7 Å². The fourth-order valence-corrected chi connectivity index (χ4v) is 5.73. The Morgan fingerprint density at radius 1 is 1.03 bits per heavy atom. The van der Waals surface area contributed by atoms with Crippen LogP contribution < -0.4 is 10.0 Å². The number of carbonyl (C=O) groups excluding carboxylic acids is 1. The highest BCUT2D eigenvalue weighted by Crippen LogP contribution is 2.26. The van der Waals surface area contributed by atoms with Crippen molar-refractivity contribution in [3.05, 3.63) is 65.7 Å². The Labute approximate surface area is 208 Å². The molecule has 0 saturated heterocycles. The Bertz CT molecular complexity index is 1030. The number of carbonyl (C=O) groups is 1. The molecule has 2 aromatic rings. The molecule has 0 aliphatic carbocycles. The number of nitrogens with zero attached hydrogens (tertiary/aromatic N) is 3. The van der Waals surface area contributed by atoms with Gasteiger partial charge in [-0.15, -0.1) is 0 Å². The number of benzene rings is 2. The van der Waals surface area contributed by atoms with Gasteiger partial charge in [0.1, 0.15) is 0 Å². The maximum Gasteiger partial charge on any atom is 0.239 e. The average molecular weight is 505 g/mol. The van der Waals surface area contributed by atoms with Crippen LogP contribution in [0.5, 0.6) is 0 Å². The molecule has 1 atom stereocenters. The van der Waals surface area contributed by atoms with Crippen molar-refractivity contribution in [3.63, 3.8) is 0 Å². The molecule has 0 spiro atoms. The molecule has 7 nitrogen and oxygen atoms in total. The zero-order valence-corrected chi connectivity index (χ0v) is 21.7. The van der Waals surface area contributed by atoms with E-state index < -0.39 is 16.1 Å². The molecule has 186 valence electrons. The molecule has 0 bridgehead atoms. The van der Waals surface area contributed by atoms with Crippen LogP contribution in [0.2, 0.25) is 0 Å². The molecule has 2 aromatic carbocycles. The molecular formula is C25H36N4O3S2. The summed E-state index contributed by atoms with van der Waals surface area (Å²) in [7, 11) is -3.48. The highest BCUT2D eigenvalue weighted by Gasteiger charge is 2.26. The third kappa shape index (κ3) is 7.46. The molecule has 0 saturated carbocycles. The third-order valence-corrected chi connectivity index (χ3v) is 7.88. The molecule has 0 radical (unpaired) electrons. The first-order valence-electron chi connectivity index (χ1n) is 11.6. The van der Waals surface area contributed by atoms with Gasteiger partial charge in [-0.2, -0.15) is 11.8 Å². The molecule has 0 fully saturated rings. The lowest BCUT2D eigenvalue weighted by atomic mass is 10.1. The number of hydrogen-bond acceptors (Lipinski definition) is 6. The van der Waals surface area contributed by atoms with Gasteiger partial charge in [-0.1, -0.05) is 48.5 Å². The van der Waals surface area contributed by atoms with Gasteiger partial charge in [0.15, 0.2) is 0 Å². The van der Waals surface area contributed by atoms with Crippen LogP contribution in [0.4, 0.5) is 5.69 Å². The minimum atomic E-state index is -3.48. The quantitative estimate of drug-likeness (QED) is 0.624. The van der Waals surface area contributed by atoms with E-state index >= 15 is 0 Å². The summed E-state index contributed by atoms with van der Waals surface area (Å²) < 4.78 is 26.9. The van der Waals surface area contributed by atoms with E-state index in [0.717, 1.165) is 24.4 Å². The van der Waals surface area contributed by atoms with Crippen molar-refractivity contribution in [2.24, 2.45) is 5.73 Å². The third-order valence-electron chi connectivity index (χ3n) is 6.05. The Morgan fingerprint density at radius 2 is 1.74 bits per heavy atom. The molecular weight excluding hydrogens is 468 g/mol. The Balaban J connectivity index is 1.92. The van der Waals surface area contributed by atoms with Gasteiger partial charge in [-0.25, -0.2) is 8.42 Å². The van der Waals surface area contributed by atoms with E-state index in [-0.39, 0.29) is 5.91 Å². The van der Waals surface area contributed by atoms with Crippen LogP contribution in [0.3, 0.4) is 0 Å². The minimum Gasteiger partial charge on any atom is -0.336 e. The normalized spacial score (nSPS) is 17.0. The number of hydrogen-bond donors (Lipinski definition) is 1. The summed E-state index contributed by atoms with van der Waals surface area (Å²) in [5.41, 5.74) is 8.92. The minimum absolute atomic E-state index is 0.0892. The maximum atomic E-state index is 13.3. The SMILES string of the molecule is CSCC[C@H](N)C(=O)N1CCN(Cc2ccccc2)CCCN(S(C)(=O)=O)c2ccccc2C1. The second-order valence-corrected chi connectivity index (χ2v) is 11.6. The summed E-state index contributed by atoms with van der Waals surface area (Å²) in [6.45, 7) is 3.41. The summed E-state index contributed by atoms with van der Waals surface area (Å²) in [5, 5.41) is 0. The van der Waals surface area contributed by atoms with Crippen LogP contribution in [0.25, 0.3) is 0 Å². The highest BCUT2D eigenvalue weighted by molar-refractivity contribution is 7.98. The van der Waals surface area contributed by atoms with Crippen LogP contribution in [0, 0.1) is 0 Å². The Kier molecular flexibility index (Phi) is 9.82. The van der Waals surface area contributed by atoms with Crippen LogP contribution in [0.15, 0.2) is 54.6 Å². The number of sulfonamides is 1. The van der Waals surface area contributed by atoms with E-state index in [2.05, 4.69) is 17.0 Å². The zero-order valence-electron chi connectivity index (χ0n) is 20.1. The van der Waals surface area contributed by atoms with Gasteiger partial charge in [0, 0.05) is 39.3 Å². The smallest absolute Gasteiger partial charge is 0.239 e. The molecule has 3 rings (SSSR count). The number of anilines is 1. The van der Waals surface area contributed by atoms with E-state index in [9.17, 15) is 13.2 Å². The van der Waals surface area contributed by atoms with Crippen LogP contribution in [-0.2, 0) is 27.9 Å². The lowest BCUT2D eigenvalue weighted by Gasteiger charge is -2.30. The summed E-state index contributed by atoms with van der Waals surface area (Å²) in [4.78, 5) is 17.4. The fourth-order valence-electron chi connectivity index (χ4n) is 4.24. The predicted molar refractivity (Wildman–Crippen MR) is 141 cm³/mol. The largest absolute Gasteiger partial charge is 0.336 e. The number of para-hydroxylation sites is 1. The monoisotopic (exact) mass is 504 g/mol. The highest BCUT2D eigenvalue weighted by atomic mass is 32.2.